The van der Waals surface area contributed by atoms with Crippen LogP contribution in [0.2, 0.25) is 5.02 Å². The number of aryl methyl sites for hydroxylation is 2. The fourth-order valence-electron chi connectivity index (χ4n) is 3.54. The van der Waals surface area contributed by atoms with Gasteiger partial charge in [0.1, 0.15) is 0 Å². The summed E-state index contributed by atoms with van der Waals surface area (Å²) in [6.45, 7) is 1.44. The number of hydrogen-bond acceptors (Lipinski definition) is 2. The zero-order valence-electron chi connectivity index (χ0n) is 16.1. The van der Waals surface area contributed by atoms with E-state index in [9.17, 15) is 9.59 Å². The highest BCUT2D eigenvalue weighted by molar-refractivity contribution is 6.30. The lowest BCUT2D eigenvalue weighted by Crippen LogP contribution is -2.46. The van der Waals surface area contributed by atoms with Crippen molar-refractivity contribution in [3.05, 3.63) is 70.7 Å². The van der Waals surface area contributed by atoms with Crippen LogP contribution in [-0.2, 0) is 22.4 Å². The first-order valence-electron chi connectivity index (χ1n) is 9.95. The van der Waals surface area contributed by atoms with Gasteiger partial charge in [-0.3, -0.25) is 9.59 Å². The summed E-state index contributed by atoms with van der Waals surface area (Å²) in [5.74, 6) is 0.278. The molecule has 0 radical (unpaired) electrons. The minimum absolute atomic E-state index is 0.0730. The van der Waals surface area contributed by atoms with E-state index in [4.69, 9.17) is 11.6 Å². The summed E-state index contributed by atoms with van der Waals surface area (Å²) in [6, 6.07) is 17.9. The second kappa shape index (κ2) is 10.3. The van der Waals surface area contributed by atoms with E-state index in [0.717, 1.165) is 37.9 Å². The van der Waals surface area contributed by atoms with Crippen molar-refractivity contribution in [3.8, 4) is 0 Å². The van der Waals surface area contributed by atoms with Crippen LogP contribution < -0.4 is 5.32 Å². The zero-order valence-corrected chi connectivity index (χ0v) is 16.8. The van der Waals surface area contributed by atoms with Crippen molar-refractivity contribution in [3.63, 3.8) is 0 Å². The highest BCUT2D eigenvalue weighted by atomic mass is 35.5. The van der Waals surface area contributed by atoms with E-state index < -0.39 is 0 Å². The number of rotatable bonds is 7. The molecule has 0 saturated carbocycles. The van der Waals surface area contributed by atoms with Gasteiger partial charge in [-0.05, 0) is 48.9 Å². The molecule has 2 aromatic rings. The second-order valence-electron chi connectivity index (χ2n) is 7.33. The van der Waals surface area contributed by atoms with Crippen LogP contribution in [0.1, 0.15) is 36.8 Å². The van der Waals surface area contributed by atoms with Crippen molar-refractivity contribution in [2.45, 2.75) is 44.6 Å². The monoisotopic (exact) mass is 398 g/mol. The van der Waals surface area contributed by atoms with Crippen LogP contribution in [0, 0.1) is 0 Å². The molecule has 0 aliphatic carbocycles. The van der Waals surface area contributed by atoms with Gasteiger partial charge >= 0.3 is 0 Å². The quantitative estimate of drug-likeness (QED) is 0.765. The average molecular weight is 399 g/mol. The molecule has 0 unspecified atom stereocenters. The summed E-state index contributed by atoms with van der Waals surface area (Å²) >= 11 is 5.88. The molecular formula is C23H27ClN2O2. The normalized spacial score (nSPS) is 14.7. The predicted molar refractivity (Wildman–Crippen MR) is 112 cm³/mol. The van der Waals surface area contributed by atoms with E-state index in [2.05, 4.69) is 17.4 Å². The molecular weight excluding hydrogens is 372 g/mol. The molecule has 0 spiro atoms. The minimum Gasteiger partial charge on any atom is -0.353 e. The van der Waals surface area contributed by atoms with Crippen molar-refractivity contribution >= 4 is 23.4 Å². The van der Waals surface area contributed by atoms with E-state index in [1.807, 2.05) is 47.4 Å². The lowest BCUT2D eigenvalue weighted by Gasteiger charge is -2.32. The molecule has 1 heterocycles. The topological polar surface area (TPSA) is 49.4 Å². The third-order valence-electron chi connectivity index (χ3n) is 5.24. The molecule has 1 saturated heterocycles. The van der Waals surface area contributed by atoms with Gasteiger partial charge in [-0.25, -0.2) is 0 Å². The van der Waals surface area contributed by atoms with Gasteiger partial charge in [0.2, 0.25) is 11.8 Å². The van der Waals surface area contributed by atoms with Crippen molar-refractivity contribution in [2.75, 3.05) is 13.1 Å². The number of carbonyl (C=O) groups is 2. The SMILES string of the molecule is O=C(CCc1ccc(Cl)cc1)NC1CCN(C(=O)CCc2ccccc2)CC1. The van der Waals surface area contributed by atoms with Gasteiger partial charge in [-0.1, -0.05) is 54.1 Å². The summed E-state index contributed by atoms with van der Waals surface area (Å²) in [5, 5.41) is 3.82. The number of nitrogens with one attached hydrogen (secondary N) is 1. The van der Waals surface area contributed by atoms with Crippen LogP contribution in [0.15, 0.2) is 54.6 Å². The van der Waals surface area contributed by atoms with E-state index in [0.29, 0.717) is 24.3 Å². The van der Waals surface area contributed by atoms with Crippen LogP contribution in [0.5, 0.6) is 0 Å². The van der Waals surface area contributed by atoms with Crippen LogP contribution in [-0.4, -0.2) is 35.8 Å². The summed E-state index contributed by atoms with van der Waals surface area (Å²) in [6.07, 6.45) is 4.15. The van der Waals surface area contributed by atoms with Crippen molar-refractivity contribution in [1.29, 1.82) is 0 Å². The van der Waals surface area contributed by atoms with Crippen molar-refractivity contribution < 1.29 is 9.59 Å². The molecule has 4 nitrogen and oxygen atoms in total. The van der Waals surface area contributed by atoms with Crippen LogP contribution >= 0.6 is 11.6 Å². The first-order chi connectivity index (χ1) is 13.6. The maximum Gasteiger partial charge on any atom is 0.222 e. The number of likely N-dealkylation sites (tertiary alicyclic amines) is 1. The summed E-state index contributed by atoms with van der Waals surface area (Å²) in [7, 11) is 0. The Kier molecular flexibility index (Phi) is 7.49. The Morgan fingerprint density at radius 2 is 1.50 bits per heavy atom. The third kappa shape index (κ3) is 6.38. The number of nitrogens with zero attached hydrogens (tertiary/aromatic N) is 1. The number of benzene rings is 2. The molecule has 1 N–H and O–H groups in total. The summed E-state index contributed by atoms with van der Waals surface area (Å²) in [5.41, 5.74) is 2.30. The zero-order chi connectivity index (χ0) is 19.8. The lowest BCUT2D eigenvalue weighted by molar-refractivity contribution is -0.132. The molecule has 28 heavy (non-hydrogen) atoms. The molecule has 0 bridgehead atoms. The maximum atomic E-state index is 12.4. The third-order valence-corrected chi connectivity index (χ3v) is 5.49. The molecule has 3 rings (SSSR count). The van der Waals surface area contributed by atoms with Gasteiger partial charge in [-0.15, -0.1) is 0 Å². The highest BCUT2D eigenvalue weighted by Crippen LogP contribution is 2.14. The fourth-order valence-corrected chi connectivity index (χ4v) is 3.66. The number of hydrogen-bond donors (Lipinski definition) is 1. The van der Waals surface area contributed by atoms with Gasteiger partial charge in [0.15, 0.2) is 0 Å². The molecule has 1 aliphatic rings. The van der Waals surface area contributed by atoms with Crippen LogP contribution in [0.4, 0.5) is 0 Å². The Morgan fingerprint density at radius 3 is 2.18 bits per heavy atom. The Hall–Kier alpha value is -2.33. The lowest BCUT2D eigenvalue weighted by atomic mass is 10.0. The smallest absolute Gasteiger partial charge is 0.222 e. The summed E-state index contributed by atoms with van der Waals surface area (Å²) < 4.78 is 0. The van der Waals surface area contributed by atoms with Gasteiger partial charge in [0.05, 0.1) is 0 Å². The van der Waals surface area contributed by atoms with Gasteiger partial charge in [0, 0.05) is 37.0 Å². The molecule has 2 aromatic carbocycles. The van der Waals surface area contributed by atoms with Crippen molar-refractivity contribution in [2.24, 2.45) is 0 Å². The van der Waals surface area contributed by atoms with E-state index >= 15 is 0 Å². The molecule has 1 aliphatic heterocycles. The minimum atomic E-state index is 0.0730. The Bertz CT molecular complexity index is 769. The molecule has 0 aromatic heterocycles. The number of piperidine rings is 1. The Morgan fingerprint density at radius 1 is 0.893 bits per heavy atom. The van der Waals surface area contributed by atoms with Gasteiger partial charge in [-0.2, -0.15) is 0 Å². The maximum absolute atomic E-state index is 12.4. The first-order valence-corrected chi connectivity index (χ1v) is 10.3. The number of amides is 2. The van der Waals surface area contributed by atoms with Crippen molar-refractivity contribution in [1.82, 2.24) is 10.2 Å². The molecule has 148 valence electrons. The van der Waals surface area contributed by atoms with Crippen LogP contribution in [0.25, 0.3) is 0 Å². The second-order valence-corrected chi connectivity index (χ2v) is 7.77. The van der Waals surface area contributed by atoms with E-state index in [1.165, 1.54) is 5.56 Å². The predicted octanol–water partition coefficient (Wildman–Crippen LogP) is 4.01. The molecule has 5 heteroatoms. The van der Waals surface area contributed by atoms with E-state index in [1.54, 1.807) is 0 Å². The molecule has 1 fully saturated rings. The Labute approximate surface area is 171 Å². The highest BCUT2D eigenvalue weighted by Gasteiger charge is 2.23. The number of carbonyl (C=O) groups excluding carboxylic acids is 2. The number of halogens is 1. The summed E-state index contributed by atoms with van der Waals surface area (Å²) in [4.78, 5) is 26.6. The molecule has 2 amide bonds. The van der Waals surface area contributed by atoms with E-state index in [-0.39, 0.29) is 17.9 Å². The Balaban J connectivity index is 1.34. The first kappa shape index (κ1) is 20.4. The average Bonchev–Trinajstić information content (AvgIpc) is 2.73. The fraction of sp³-hybridized carbons (Fsp3) is 0.391. The van der Waals surface area contributed by atoms with Crippen LogP contribution in [0.3, 0.4) is 0 Å². The van der Waals surface area contributed by atoms with Gasteiger partial charge in [0.25, 0.3) is 0 Å². The largest absolute Gasteiger partial charge is 0.353 e. The standard InChI is InChI=1S/C23H27ClN2O2/c24-20-10-6-19(7-11-20)8-12-22(27)25-21-14-16-26(17-15-21)23(28)13-9-18-4-2-1-3-5-18/h1-7,10-11,21H,8-9,12-17H2,(H,25,27). The van der Waals surface area contributed by atoms with Gasteiger partial charge < -0.3 is 10.2 Å². The molecule has 0 atom stereocenters.